The zero-order valence-corrected chi connectivity index (χ0v) is 53.9. The molecule has 4 saturated carbocycles. The average Bonchev–Trinajstić information content (AvgIpc) is 0.676. The molecule has 0 radical (unpaired) electrons. The SMILES string of the molecule is C[C@@H]1O[C@@H](O[C@H]2[C@H](OC3CC[C@@]4(C)C(CC[C@]5(C)C4CC=C4C6CC(C)(C)CC[C@]6(C(=O)O[C@@H]6O[C@H](CO[C@@H]7O[C@H](C)[C@@H](O[C@H]8O[C@H](O)[C@@H](O)[C@H](O)[C@@H]8O)[C@H](O)[C@H]7O)[C@@H](O)[C@H](O)[C@H]6O)CC[C@]45C)[C@]3(C)CO)OC[C@H](O)[C@@H]2O)[C@H](O)[C@H](O[C@@H]2OC[C@@H](O)[C@@H](O)[C@H]2O)[C@H]1O. The highest BCUT2D eigenvalue weighted by Gasteiger charge is 2.71. The molecule has 0 aromatic heterocycles. The van der Waals surface area contributed by atoms with Crippen LogP contribution in [0.2, 0.25) is 0 Å². The van der Waals surface area contributed by atoms with Gasteiger partial charge in [0.25, 0.3) is 0 Å². The van der Waals surface area contributed by atoms with Crippen LogP contribution in [0.25, 0.3) is 0 Å². The van der Waals surface area contributed by atoms with Crippen molar-refractivity contribution < 1.29 is 148 Å². The highest BCUT2D eigenvalue weighted by Crippen LogP contribution is 2.76. The van der Waals surface area contributed by atoms with Crippen LogP contribution in [0.1, 0.15) is 120 Å². The van der Waals surface area contributed by atoms with E-state index in [4.69, 9.17) is 56.8 Å². The Balaban J connectivity index is 0.768. The molecular weight excluding hydrogens is 1240 g/mol. The summed E-state index contributed by atoms with van der Waals surface area (Å²) in [6.45, 7) is 14.6. The van der Waals surface area contributed by atoms with E-state index in [0.29, 0.717) is 57.8 Å². The quantitative estimate of drug-likeness (QED) is 0.0446. The van der Waals surface area contributed by atoms with Crippen LogP contribution in [0.5, 0.6) is 0 Å². The summed E-state index contributed by atoms with van der Waals surface area (Å²) in [4.78, 5) is 15.3. The Hall–Kier alpha value is -1.91. The molecule has 534 valence electrons. The summed E-state index contributed by atoms with van der Waals surface area (Å²) in [7, 11) is 0. The predicted molar refractivity (Wildman–Crippen MR) is 310 cm³/mol. The maximum absolute atomic E-state index is 15.3. The number of carbonyl (C=O) groups is 1. The number of hydrogen-bond donors (Lipinski definition) is 17. The number of ether oxygens (including phenoxy) is 12. The smallest absolute Gasteiger partial charge is 0.315 e. The molecule has 11 rings (SSSR count). The van der Waals surface area contributed by atoms with Crippen molar-refractivity contribution in [3.8, 4) is 0 Å². The molecule has 0 amide bonds. The molecular formula is C63H102O30. The van der Waals surface area contributed by atoms with Gasteiger partial charge in [-0.25, -0.2) is 0 Å². The molecule has 37 atom stereocenters. The summed E-state index contributed by atoms with van der Waals surface area (Å²) in [5, 5.41) is 184. The van der Waals surface area contributed by atoms with Crippen LogP contribution in [0, 0.1) is 50.2 Å². The molecule has 30 heteroatoms. The largest absolute Gasteiger partial charge is 0.432 e. The molecule has 5 aliphatic carbocycles. The van der Waals surface area contributed by atoms with Crippen molar-refractivity contribution in [2.75, 3.05) is 26.4 Å². The van der Waals surface area contributed by atoms with E-state index in [1.807, 2.05) is 6.92 Å². The van der Waals surface area contributed by atoms with Crippen LogP contribution in [0.3, 0.4) is 0 Å². The highest BCUT2D eigenvalue weighted by atomic mass is 16.8. The van der Waals surface area contributed by atoms with Crippen LogP contribution in [0.4, 0.5) is 0 Å². The van der Waals surface area contributed by atoms with Gasteiger partial charge in [0.05, 0.1) is 50.2 Å². The third-order valence-electron chi connectivity index (χ3n) is 24.6. The summed E-state index contributed by atoms with van der Waals surface area (Å²) in [6.07, 6.45) is -38.3. The fraction of sp³-hybridized carbons (Fsp3) is 0.952. The van der Waals surface area contributed by atoms with Gasteiger partial charge in [-0.15, -0.1) is 0 Å². The second kappa shape index (κ2) is 26.9. The fourth-order valence-electron chi connectivity index (χ4n) is 18.5. The van der Waals surface area contributed by atoms with Gasteiger partial charge in [0.1, 0.15) is 116 Å². The first-order valence-corrected chi connectivity index (χ1v) is 33.1. The molecule has 6 heterocycles. The minimum absolute atomic E-state index is 0.0791. The first kappa shape index (κ1) is 72.3. The molecule has 30 nitrogen and oxygen atoms in total. The lowest BCUT2D eigenvalue weighted by Gasteiger charge is -2.71. The molecule has 93 heavy (non-hydrogen) atoms. The van der Waals surface area contributed by atoms with Crippen LogP contribution in [-0.2, 0) is 61.6 Å². The Kier molecular flexibility index (Phi) is 20.9. The number of aliphatic hydroxyl groups excluding tert-OH is 17. The van der Waals surface area contributed by atoms with Crippen molar-refractivity contribution in [3.63, 3.8) is 0 Å². The van der Waals surface area contributed by atoms with Crippen LogP contribution < -0.4 is 0 Å². The van der Waals surface area contributed by atoms with E-state index in [-0.39, 0.29) is 47.2 Å². The van der Waals surface area contributed by atoms with Gasteiger partial charge in [0.2, 0.25) is 6.29 Å². The maximum Gasteiger partial charge on any atom is 0.315 e. The number of allylic oxidation sites excluding steroid dienone is 2. The Labute approximate surface area is 539 Å². The number of fused-ring (bicyclic) bond motifs is 7. The number of aliphatic hydroxyl groups is 17. The van der Waals surface area contributed by atoms with Gasteiger partial charge in [0, 0.05) is 5.41 Å². The van der Waals surface area contributed by atoms with Gasteiger partial charge in [-0.2, -0.15) is 0 Å². The zero-order chi connectivity index (χ0) is 67.7. The number of rotatable bonds is 14. The molecule has 4 unspecified atom stereocenters. The predicted octanol–water partition coefficient (Wildman–Crippen LogP) is -4.12. The second-order valence-corrected chi connectivity index (χ2v) is 30.5. The second-order valence-electron chi connectivity index (χ2n) is 30.5. The number of esters is 1. The lowest BCUT2D eigenvalue weighted by atomic mass is 9.33. The maximum atomic E-state index is 15.3. The number of hydrogen-bond acceptors (Lipinski definition) is 30. The Morgan fingerprint density at radius 3 is 1.81 bits per heavy atom. The third-order valence-corrected chi connectivity index (χ3v) is 24.6. The van der Waals surface area contributed by atoms with E-state index in [0.717, 1.165) is 12.0 Å². The topological polar surface area (TPSA) is 472 Å². The minimum atomic E-state index is -1.95. The van der Waals surface area contributed by atoms with Crippen LogP contribution >= 0.6 is 0 Å². The fourth-order valence-corrected chi connectivity index (χ4v) is 18.5. The van der Waals surface area contributed by atoms with Crippen molar-refractivity contribution in [1.82, 2.24) is 0 Å². The molecule has 17 N–H and O–H groups in total. The lowest BCUT2D eigenvalue weighted by molar-refractivity contribution is -0.379. The third kappa shape index (κ3) is 12.4. The first-order chi connectivity index (χ1) is 43.6. The highest BCUT2D eigenvalue weighted by molar-refractivity contribution is 5.79. The van der Waals surface area contributed by atoms with Gasteiger partial charge < -0.3 is 144 Å². The normalized spacial score (nSPS) is 55.7. The Bertz CT molecular complexity index is 2630. The standard InChI is InChI=1S/C63H102O30/c1-24-34(67)48(90-52-42(75)35(68)28(65)20-82-52)46(79)55(85-24)91-49-36(69)29(66)21-83-56(49)88-33-12-13-59(5)31(60(33,6)23-64)11-14-62(8)32(59)10-9-26-27-19-58(3,4)15-17-63(27,18-16-61(26,62)7)57(81)93-53-43(76)38(71)37(70)30(87-53)22-84-51-45(78)40(73)47(25(2)86-51)89-54-44(77)39(72)41(74)50(80)92-54/h9,24-25,27-56,64-80H,10-23H2,1-8H3/t24-,25+,27?,28+,29-,30+,31?,32?,33?,34-,35+,36-,37+,38-,39-,40+,41-,42+,43+,44-,45+,46+,47+,48+,49+,50-,51+,52-,53-,54-,55-,56-,59-,60-,61+,62+,63-/m0/s1. The van der Waals surface area contributed by atoms with E-state index in [9.17, 15) is 86.8 Å². The van der Waals surface area contributed by atoms with Crippen LogP contribution in [0.15, 0.2) is 11.6 Å². The van der Waals surface area contributed by atoms with E-state index in [1.165, 1.54) is 13.8 Å². The van der Waals surface area contributed by atoms with E-state index < -0.39 is 214 Å². The Morgan fingerprint density at radius 1 is 0.516 bits per heavy atom. The molecule has 0 aromatic rings. The summed E-state index contributed by atoms with van der Waals surface area (Å²) < 4.78 is 70.8. The summed E-state index contributed by atoms with van der Waals surface area (Å²) >= 11 is 0. The molecule has 6 saturated heterocycles. The average molecular weight is 1340 g/mol. The van der Waals surface area contributed by atoms with E-state index in [1.54, 1.807) is 0 Å². The summed E-state index contributed by atoms with van der Waals surface area (Å²) in [5.74, 6) is -0.983. The van der Waals surface area contributed by atoms with Gasteiger partial charge in [0.15, 0.2) is 37.7 Å². The molecule has 6 aliphatic heterocycles. The van der Waals surface area contributed by atoms with Crippen molar-refractivity contribution in [2.45, 2.75) is 298 Å². The van der Waals surface area contributed by atoms with Gasteiger partial charge in [-0.05, 0) is 117 Å². The molecule has 10 fully saturated rings. The van der Waals surface area contributed by atoms with Gasteiger partial charge in [-0.1, -0.05) is 53.2 Å². The van der Waals surface area contributed by atoms with E-state index >= 15 is 4.79 Å². The molecule has 11 aliphatic rings. The van der Waals surface area contributed by atoms with Crippen LogP contribution in [-0.4, -0.2) is 298 Å². The van der Waals surface area contributed by atoms with Crippen molar-refractivity contribution in [2.24, 2.45) is 50.2 Å². The summed E-state index contributed by atoms with van der Waals surface area (Å²) in [5.41, 5.74) is -2.17. The van der Waals surface area contributed by atoms with Gasteiger partial charge in [-0.3, -0.25) is 4.79 Å². The summed E-state index contributed by atoms with van der Waals surface area (Å²) in [6, 6.07) is 0. The van der Waals surface area contributed by atoms with Crippen molar-refractivity contribution in [3.05, 3.63) is 11.6 Å². The molecule has 0 aromatic carbocycles. The van der Waals surface area contributed by atoms with Gasteiger partial charge >= 0.3 is 5.97 Å². The lowest BCUT2D eigenvalue weighted by Crippen LogP contribution is -2.67. The molecule has 0 bridgehead atoms. The first-order valence-electron chi connectivity index (χ1n) is 33.1. The van der Waals surface area contributed by atoms with E-state index in [2.05, 4.69) is 40.7 Å². The Morgan fingerprint density at radius 2 is 1.11 bits per heavy atom. The minimum Gasteiger partial charge on any atom is -0.432 e. The van der Waals surface area contributed by atoms with Crippen molar-refractivity contribution >= 4 is 5.97 Å². The number of carbonyl (C=O) groups excluding carboxylic acids is 1. The monoisotopic (exact) mass is 1340 g/mol. The zero-order valence-electron chi connectivity index (χ0n) is 53.9. The van der Waals surface area contributed by atoms with Crippen molar-refractivity contribution in [1.29, 1.82) is 0 Å². The molecule has 0 spiro atoms.